The van der Waals surface area contributed by atoms with Crippen molar-refractivity contribution in [2.45, 2.75) is 276 Å². The highest BCUT2D eigenvalue weighted by atomic mass is 16.5. The van der Waals surface area contributed by atoms with E-state index >= 15 is 0 Å². The van der Waals surface area contributed by atoms with Gasteiger partial charge in [0.25, 0.3) is 0 Å². The predicted octanol–water partition coefficient (Wildman–Crippen LogP) is 14.7. The van der Waals surface area contributed by atoms with E-state index in [0.717, 1.165) is 57.8 Å². The minimum absolute atomic E-state index is 0.00362. The van der Waals surface area contributed by atoms with E-state index < -0.39 is 12.1 Å². The van der Waals surface area contributed by atoms with E-state index in [1.54, 1.807) is 6.08 Å². The number of hydrogen-bond donors (Lipinski definition) is 3. The lowest BCUT2D eigenvalue weighted by molar-refractivity contribution is -0.143. The van der Waals surface area contributed by atoms with Crippen molar-refractivity contribution in [1.82, 2.24) is 5.32 Å². The number of aliphatic hydroxyl groups excluding tert-OH is 2. The van der Waals surface area contributed by atoms with Gasteiger partial charge in [-0.2, -0.15) is 0 Å². The summed E-state index contributed by atoms with van der Waals surface area (Å²) in [5, 5.41) is 23.0. The van der Waals surface area contributed by atoms with Gasteiger partial charge in [-0.15, -0.1) is 0 Å². The van der Waals surface area contributed by atoms with Gasteiger partial charge in [0.2, 0.25) is 5.91 Å². The van der Waals surface area contributed by atoms with Crippen LogP contribution in [0.15, 0.2) is 24.3 Å². The fourth-order valence-electron chi connectivity index (χ4n) is 7.57. The average molecular weight is 804 g/mol. The highest BCUT2D eigenvalue weighted by Gasteiger charge is 2.18. The van der Waals surface area contributed by atoms with Crippen molar-refractivity contribution in [2.24, 2.45) is 0 Å². The number of nitrogens with one attached hydrogen (secondary N) is 1. The number of aliphatic hydroxyl groups is 2. The second-order valence-corrected chi connectivity index (χ2v) is 17.1. The SMILES string of the molecule is CCCCCCCCCCCC/C=C/C(O)C(CO)NC(=O)CCCCCCCCC/C=C\CCCCCCCCOC(=O)CCCCCCCCCCCCC. The van der Waals surface area contributed by atoms with Crippen molar-refractivity contribution in [2.75, 3.05) is 13.2 Å². The maximum atomic E-state index is 12.4. The Morgan fingerprint density at radius 2 is 0.825 bits per heavy atom. The molecule has 0 aromatic heterocycles. The van der Waals surface area contributed by atoms with Gasteiger partial charge in [0.1, 0.15) is 0 Å². The molecule has 0 fully saturated rings. The molecule has 3 N–H and O–H groups in total. The van der Waals surface area contributed by atoms with Crippen molar-refractivity contribution in [3.63, 3.8) is 0 Å². The van der Waals surface area contributed by atoms with E-state index in [-0.39, 0.29) is 18.5 Å². The third-order valence-corrected chi connectivity index (χ3v) is 11.5. The first-order valence-electron chi connectivity index (χ1n) is 25.1. The lowest BCUT2D eigenvalue weighted by Crippen LogP contribution is -2.45. The maximum absolute atomic E-state index is 12.4. The van der Waals surface area contributed by atoms with Gasteiger partial charge in [0.05, 0.1) is 25.4 Å². The fourth-order valence-corrected chi connectivity index (χ4v) is 7.57. The normalized spacial score (nSPS) is 12.8. The Balaban J connectivity index is 3.49. The predicted molar refractivity (Wildman–Crippen MR) is 246 cm³/mol. The third kappa shape index (κ3) is 43.7. The monoisotopic (exact) mass is 804 g/mol. The Morgan fingerprint density at radius 1 is 0.474 bits per heavy atom. The molecule has 1 amide bonds. The minimum atomic E-state index is -0.850. The van der Waals surface area contributed by atoms with Gasteiger partial charge in [-0.05, 0) is 57.8 Å². The molecule has 57 heavy (non-hydrogen) atoms. The van der Waals surface area contributed by atoms with Crippen LogP contribution in [-0.4, -0.2) is 47.4 Å². The van der Waals surface area contributed by atoms with E-state index in [4.69, 9.17) is 4.74 Å². The van der Waals surface area contributed by atoms with Crippen molar-refractivity contribution >= 4 is 11.9 Å². The van der Waals surface area contributed by atoms with Crippen molar-refractivity contribution in [1.29, 1.82) is 0 Å². The lowest BCUT2D eigenvalue weighted by Gasteiger charge is -2.20. The minimum Gasteiger partial charge on any atom is -0.466 e. The van der Waals surface area contributed by atoms with E-state index in [1.807, 2.05) is 6.08 Å². The van der Waals surface area contributed by atoms with Crippen molar-refractivity contribution in [3.05, 3.63) is 24.3 Å². The summed E-state index contributed by atoms with van der Waals surface area (Å²) in [6.07, 6.45) is 54.6. The Labute approximate surface area is 354 Å². The third-order valence-electron chi connectivity index (χ3n) is 11.5. The Morgan fingerprint density at radius 3 is 1.25 bits per heavy atom. The standard InChI is InChI=1S/C51H97NO5/c1-3-5-7-9-11-13-15-24-27-31-35-39-43-49(54)48(47-53)52-50(55)44-40-36-32-28-25-21-19-17-16-18-20-22-26-30-34-38-42-46-57-51(56)45-41-37-33-29-23-14-12-10-8-6-4-2/h16,18,39,43,48-49,53-54H,3-15,17,19-38,40-42,44-47H2,1-2H3,(H,52,55)/b18-16-,43-39+. The number of unbranched alkanes of at least 4 members (excludes halogenated alkanes) is 33. The van der Waals surface area contributed by atoms with E-state index in [0.29, 0.717) is 19.4 Å². The second-order valence-electron chi connectivity index (χ2n) is 17.1. The highest BCUT2D eigenvalue weighted by Crippen LogP contribution is 2.15. The van der Waals surface area contributed by atoms with Crippen molar-refractivity contribution in [3.8, 4) is 0 Å². The van der Waals surface area contributed by atoms with Crippen LogP contribution in [0.25, 0.3) is 0 Å². The van der Waals surface area contributed by atoms with Crippen LogP contribution < -0.4 is 5.32 Å². The van der Waals surface area contributed by atoms with Gasteiger partial charge in [-0.1, -0.05) is 218 Å². The van der Waals surface area contributed by atoms with Crippen LogP contribution >= 0.6 is 0 Å². The lowest BCUT2D eigenvalue weighted by atomic mass is 10.1. The molecule has 0 heterocycles. The summed E-state index contributed by atoms with van der Waals surface area (Å²) in [6, 6.07) is -0.635. The molecule has 0 saturated carbocycles. The first kappa shape index (κ1) is 55.3. The molecule has 0 aromatic carbocycles. The number of hydrogen-bond acceptors (Lipinski definition) is 5. The van der Waals surface area contributed by atoms with Crippen LogP contribution in [0.1, 0.15) is 264 Å². The zero-order chi connectivity index (χ0) is 41.5. The number of carbonyl (C=O) groups excluding carboxylic acids is 2. The fraction of sp³-hybridized carbons (Fsp3) is 0.882. The van der Waals surface area contributed by atoms with Crippen LogP contribution in [0.3, 0.4) is 0 Å². The molecular formula is C51H97NO5. The van der Waals surface area contributed by atoms with Gasteiger partial charge >= 0.3 is 5.97 Å². The molecule has 0 bridgehead atoms. The van der Waals surface area contributed by atoms with Crippen LogP contribution in [0.4, 0.5) is 0 Å². The number of ether oxygens (including phenoxy) is 1. The molecule has 0 radical (unpaired) electrons. The molecule has 2 atom stereocenters. The van der Waals surface area contributed by atoms with Gasteiger partial charge in [-0.25, -0.2) is 0 Å². The molecule has 0 spiro atoms. The molecule has 336 valence electrons. The zero-order valence-electron chi connectivity index (χ0n) is 38.1. The molecule has 6 nitrogen and oxygen atoms in total. The van der Waals surface area contributed by atoms with E-state index in [1.165, 1.54) is 180 Å². The molecule has 0 aliphatic rings. The number of esters is 1. The summed E-state index contributed by atoms with van der Waals surface area (Å²) in [4.78, 5) is 24.4. The number of amides is 1. The van der Waals surface area contributed by atoms with E-state index in [2.05, 4.69) is 31.3 Å². The summed E-state index contributed by atoms with van der Waals surface area (Å²) < 4.78 is 5.44. The summed E-state index contributed by atoms with van der Waals surface area (Å²) in [5.74, 6) is -0.0847. The molecule has 0 aliphatic heterocycles. The Bertz CT molecular complexity index is 889. The van der Waals surface area contributed by atoms with Gasteiger partial charge < -0.3 is 20.3 Å². The largest absolute Gasteiger partial charge is 0.466 e. The Kier molecular flexibility index (Phi) is 45.7. The van der Waals surface area contributed by atoms with Crippen LogP contribution in [0, 0.1) is 0 Å². The average Bonchev–Trinajstić information content (AvgIpc) is 3.21. The smallest absolute Gasteiger partial charge is 0.305 e. The number of carbonyl (C=O) groups is 2. The molecule has 0 saturated heterocycles. The number of allylic oxidation sites excluding steroid dienone is 3. The molecule has 2 unspecified atom stereocenters. The molecule has 6 heteroatoms. The van der Waals surface area contributed by atoms with Gasteiger partial charge in [-0.3, -0.25) is 9.59 Å². The second kappa shape index (κ2) is 47.0. The van der Waals surface area contributed by atoms with Crippen LogP contribution in [0.2, 0.25) is 0 Å². The quantitative estimate of drug-likeness (QED) is 0.0324. The van der Waals surface area contributed by atoms with Crippen LogP contribution in [0.5, 0.6) is 0 Å². The molecule has 0 rings (SSSR count). The highest BCUT2D eigenvalue weighted by molar-refractivity contribution is 5.76. The summed E-state index contributed by atoms with van der Waals surface area (Å²) >= 11 is 0. The van der Waals surface area contributed by atoms with Crippen LogP contribution in [-0.2, 0) is 14.3 Å². The first-order chi connectivity index (χ1) is 28.0. The summed E-state index contributed by atoms with van der Waals surface area (Å²) in [7, 11) is 0. The first-order valence-corrected chi connectivity index (χ1v) is 25.1. The molecule has 0 aromatic rings. The molecular weight excluding hydrogens is 707 g/mol. The summed E-state index contributed by atoms with van der Waals surface area (Å²) in [6.45, 7) is 4.86. The Hall–Kier alpha value is -1.66. The van der Waals surface area contributed by atoms with Crippen molar-refractivity contribution < 1.29 is 24.5 Å². The topological polar surface area (TPSA) is 95.9 Å². The van der Waals surface area contributed by atoms with E-state index in [9.17, 15) is 19.8 Å². The maximum Gasteiger partial charge on any atom is 0.305 e. The van der Waals surface area contributed by atoms with Gasteiger partial charge in [0.15, 0.2) is 0 Å². The van der Waals surface area contributed by atoms with Gasteiger partial charge in [0, 0.05) is 12.8 Å². The number of rotatable bonds is 46. The summed E-state index contributed by atoms with van der Waals surface area (Å²) in [5.41, 5.74) is 0. The zero-order valence-corrected chi connectivity index (χ0v) is 38.1. The molecule has 0 aliphatic carbocycles.